The molecule has 0 saturated carbocycles. The minimum atomic E-state index is -1.07. The first kappa shape index (κ1) is 17.7. The van der Waals surface area contributed by atoms with Gasteiger partial charge in [-0.15, -0.1) is 0 Å². The van der Waals surface area contributed by atoms with E-state index in [1.807, 2.05) is 37.3 Å². The Balaban J connectivity index is 2.53. The fourth-order valence-corrected chi connectivity index (χ4v) is 1.97. The highest BCUT2D eigenvalue weighted by molar-refractivity contribution is 5.86. The average Bonchev–Trinajstić information content (AvgIpc) is 2.50. The maximum absolute atomic E-state index is 12.1. The van der Waals surface area contributed by atoms with Gasteiger partial charge in [-0.1, -0.05) is 37.3 Å². The van der Waals surface area contributed by atoms with Crippen LogP contribution in [0.1, 0.15) is 25.3 Å². The summed E-state index contributed by atoms with van der Waals surface area (Å²) in [7, 11) is 0. The second-order valence-corrected chi connectivity index (χ2v) is 4.97. The van der Waals surface area contributed by atoms with Gasteiger partial charge in [0, 0.05) is 13.0 Å². The Bertz CT molecular complexity index is 502. The summed E-state index contributed by atoms with van der Waals surface area (Å²) in [6.45, 7) is 1.65. The normalized spacial score (nSPS) is 10.0. The van der Waals surface area contributed by atoms with Crippen LogP contribution in [-0.2, 0) is 20.8 Å². The van der Waals surface area contributed by atoms with Crippen molar-refractivity contribution >= 4 is 17.8 Å². The minimum Gasteiger partial charge on any atom is -0.480 e. The number of carbonyl (C=O) groups excluding carboxylic acids is 2. The number of aliphatic carboxylic acids is 1. The zero-order valence-corrected chi connectivity index (χ0v) is 12.7. The largest absolute Gasteiger partial charge is 0.480 e. The quantitative estimate of drug-likeness (QED) is 0.714. The number of amides is 2. The zero-order chi connectivity index (χ0) is 16.4. The number of carboxylic acid groups (broad SMARTS) is 1. The Morgan fingerprint density at radius 2 is 1.86 bits per heavy atom. The Morgan fingerprint density at radius 1 is 1.18 bits per heavy atom. The molecular weight excluding hydrogens is 284 g/mol. The van der Waals surface area contributed by atoms with Crippen molar-refractivity contribution in [1.29, 1.82) is 0 Å². The fourth-order valence-electron chi connectivity index (χ4n) is 1.97. The summed E-state index contributed by atoms with van der Waals surface area (Å²) < 4.78 is 0. The van der Waals surface area contributed by atoms with Gasteiger partial charge in [0.1, 0.15) is 6.54 Å². The molecule has 0 spiro atoms. The molecule has 0 aliphatic carbocycles. The monoisotopic (exact) mass is 306 g/mol. The molecule has 0 radical (unpaired) electrons. The molecule has 0 aliphatic rings. The van der Waals surface area contributed by atoms with Gasteiger partial charge in [0.2, 0.25) is 11.8 Å². The van der Waals surface area contributed by atoms with Gasteiger partial charge in [-0.05, 0) is 18.4 Å². The van der Waals surface area contributed by atoms with Crippen LogP contribution in [0.2, 0.25) is 0 Å². The van der Waals surface area contributed by atoms with Gasteiger partial charge in [-0.3, -0.25) is 14.4 Å². The van der Waals surface area contributed by atoms with E-state index in [4.69, 9.17) is 5.11 Å². The van der Waals surface area contributed by atoms with Crippen LogP contribution in [0.25, 0.3) is 0 Å². The Hall–Kier alpha value is -2.37. The van der Waals surface area contributed by atoms with Gasteiger partial charge in [0.05, 0.1) is 6.54 Å². The smallest absolute Gasteiger partial charge is 0.323 e. The highest BCUT2D eigenvalue weighted by Gasteiger charge is 2.17. The summed E-state index contributed by atoms with van der Waals surface area (Å²) in [5.74, 6) is -1.65. The number of carboxylic acids is 1. The van der Waals surface area contributed by atoms with E-state index in [9.17, 15) is 14.4 Å². The average molecular weight is 306 g/mol. The SMILES string of the molecule is CCCC(=O)NCC(=O)N(CCc1ccccc1)CC(=O)O. The number of benzene rings is 1. The van der Waals surface area contributed by atoms with Crippen LogP contribution in [0, 0.1) is 0 Å². The lowest BCUT2D eigenvalue weighted by molar-refractivity contribution is -0.144. The molecule has 120 valence electrons. The number of rotatable bonds is 9. The van der Waals surface area contributed by atoms with E-state index in [0.717, 1.165) is 5.56 Å². The summed E-state index contributed by atoms with van der Waals surface area (Å²) in [5.41, 5.74) is 1.03. The molecule has 2 amide bonds. The first-order chi connectivity index (χ1) is 10.5. The Kier molecular flexibility index (Phi) is 7.67. The second-order valence-electron chi connectivity index (χ2n) is 4.97. The standard InChI is InChI=1S/C16H22N2O4/c1-2-6-14(19)17-11-15(20)18(12-16(21)22)10-9-13-7-4-3-5-8-13/h3-5,7-8H,2,6,9-12H2,1H3,(H,17,19)(H,21,22). The third-order valence-corrected chi connectivity index (χ3v) is 3.11. The fraction of sp³-hybridized carbons (Fsp3) is 0.438. The van der Waals surface area contributed by atoms with E-state index >= 15 is 0 Å². The molecule has 1 aromatic carbocycles. The molecule has 1 rings (SSSR count). The van der Waals surface area contributed by atoms with Crippen molar-refractivity contribution in [3.05, 3.63) is 35.9 Å². The van der Waals surface area contributed by atoms with Crippen molar-refractivity contribution in [2.75, 3.05) is 19.6 Å². The molecule has 0 bridgehead atoms. The maximum atomic E-state index is 12.1. The highest BCUT2D eigenvalue weighted by Crippen LogP contribution is 2.02. The summed E-state index contributed by atoms with van der Waals surface area (Å²) in [6, 6.07) is 9.53. The van der Waals surface area contributed by atoms with Gasteiger partial charge < -0.3 is 15.3 Å². The molecule has 0 atom stereocenters. The molecule has 0 heterocycles. The lowest BCUT2D eigenvalue weighted by Crippen LogP contribution is -2.43. The van der Waals surface area contributed by atoms with Crippen molar-refractivity contribution in [2.45, 2.75) is 26.2 Å². The summed E-state index contributed by atoms with van der Waals surface area (Å²) in [4.78, 5) is 35.6. The maximum Gasteiger partial charge on any atom is 0.323 e. The van der Waals surface area contributed by atoms with Crippen LogP contribution in [0.4, 0.5) is 0 Å². The molecule has 6 nitrogen and oxygen atoms in total. The third kappa shape index (κ3) is 6.88. The number of hydrogen-bond acceptors (Lipinski definition) is 3. The predicted molar refractivity (Wildman–Crippen MR) is 82.3 cm³/mol. The van der Waals surface area contributed by atoms with E-state index in [0.29, 0.717) is 25.8 Å². The van der Waals surface area contributed by atoms with Crippen molar-refractivity contribution in [1.82, 2.24) is 10.2 Å². The van der Waals surface area contributed by atoms with Crippen LogP contribution in [-0.4, -0.2) is 47.4 Å². The molecule has 0 unspecified atom stereocenters. The van der Waals surface area contributed by atoms with Crippen LogP contribution in [0.3, 0.4) is 0 Å². The zero-order valence-electron chi connectivity index (χ0n) is 12.7. The first-order valence-corrected chi connectivity index (χ1v) is 7.33. The third-order valence-electron chi connectivity index (χ3n) is 3.11. The lowest BCUT2D eigenvalue weighted by atomic mass is 10.1. The van der Waals surface area contributed by atoms with Crippen molar-refractivity contribution < 1.29 is 19.5 Å². The molecule has 0 aromatic heterocycles. The number of carbonyl (C=O) groups is 3. The van der Waals surface area contributed by atoms with Crippen LogP contribution in [0.5, 0.6) is 0 Å². The van der Waals surface area contributed by atoms with Gasteiger partial charge in [0.25, 0.3) is 0 Å². The van der Waals surface area contributed by atoms with Gasteiger partial charge >= 0.3 is 5.97 Å². The number of nitrogens with one attached hydrogen (secondary N) is 1. The first-order valence-electron chi connectivity index (χ1n) is 7.33. The molecule has 6 heteroatoms. The number of hydrogen-bond donors (Lipinski definition) is 2. The molecule has 0 aliphatic heterocycles. The van der Waals surface area contributed by atoms with Gasteiger partial charge in [0.15, 0.2) is 0 Å². The Morgan fingerprint density at radius 3 is 2.45 bits per heavy atom. The van der Waals surface area contributed by atoms with E-state index in [1.54, 1.807) is 0 Å². The molecule has 0 fully saturated rings. The van der Waals surface area contributed by atoms with Gasteiger partial charge in [-0.2, -0.15) is 0 Å². The minimum absolute atomic E-state index is 0.166. The van der Waals surface area contributed by atoms with Gasteiger partial charge in [-0.25, -0.2) is 0 Å². The van der Waals surface area contributed by atoms with Crippen LogP contribution < -0.4 is 5.32 Å². The molecule has 22 heavy (non-hydrogen) atoms. The molecule has 2 N–H and O–H groups in total. The van der Waals surface area contributed by atoms with E-state index in [-0.39, 0.29) is 24.9 Å². The lowest BCUT2D eigenvalue weighted by Gasteiger charge is -2.21. The van der Waals surface area contributed by atoms with E-state index < -0.39 is 5.97 Å². The molecule has 0 saturated heterocycles. The van der Waals surface area contributed by atoms with Crippen molar-refractivity contribution in [2.24, 2.45) is 0 Å². The topological polar surface area (TPSA) is 86.7 Å². The van der Waals surface area contributed by atoms with E-state index in [1.165, 1.54) is 4.90 Å². The highest BCUT2D eigenvalue weighted by atomic mass is 16.4. The molecular formula is C16H22N2O4. The van der Waals surface area contributed by atoms with Crippen LogP contribution in [0.15, 0.2) is 30.3 Å². The molecule has 1 aromatic rings. The summed E-state index contributed by atoms with van der Waals surface area (Å²) >= 11 is 0. The summed E-state index contributed by atoms with van der Waals surface area (Å²) in [6.07, 6.45) is 1.63. The van der Waals surface area contributed by atoms with Crippen molar-refractivity contribution in [3.63, 3.8) is 0 Å². The van der Waals surface area contributed by atoms with E-state index in [2.05, 4.69) is 5.32 Å². The van der Waals surface area contributed by atoms with Crippen LogP contribution >= 0.6 is 0 Å². The predicted octanol–water partition coefficient (Wildman–Crippen LogP) is 1.06. The number of nitrogens with zero attached hydrogens (tertiary/aromatic N) is 1. The summed E-state index contributed by atoms with van der Waals surface area (Å²) in [5, 5.41) is 11.4. The Labute approximate surface area is 130 Å². The second kappa shape index (κ2) is 9.55. The van der Waals surface area contributed by atoms with Crippen molar-refractivity contribution in [3.8, 4) is 0 Å².